The van der Waals surface area contributed by atoms with E-state index in [0.717, 1.165) is 0 Å². The van der Waals surface area contributed by atoms with Crippen molar-refractivity contribution in [1.29, 1.82) is 10.5 Å². The van der Waals surface area contributed by atoms with E-state index in [9.17, 15) is 0 Å². The molecule has 0 saturated heterocycles. The van der Waals surface area contributed by atoms with Gasteiger partial charge in [0.15, 0.2) is 0 Å². The average Bonchev–Trinajstić information content (AvgIpc) is 2.38. The van der Waals surface area contributed by atoms with E-state index >= 15 is 0 Å². The third kappa shape index (κ3) is 29.6. The molecule has 4 nitrogen and oxygen atoms in total. The van der Waals surface area contributed by atoms with Crippen molar-refractivity contribution in [3.8, 4) is 12.1 Å². The topological polar surface area (TPSA) is 66.0 Å². The number of hydrogen-bond acceptors (Lipinski definition) is 4. The van der Waals surface area contributed by atoms with Gasteiger partial charge in [-0.1, -0.05) is 11.6 Å². The Bertz CT molecular complexity index is 396. The molecule has 0 spiro atoms. The number of nitrogens with zero attached hydrogens (tertiary/aromatic N) is 2. The molecule has 0 rings (SSSR count). The quantitative estimate of drug-likeness (QED) is 0.349. The summed E-state index contributed by atoms with van der Waals surface area (Å²) in [6, 6.07) is 3.75. The van der Waals surface area contributed by atoms with Gasteiger partial charge < -0.3 is 9.47 Å². The molecule has 0 aromatic heterocycles. The fraction of sp³-hybridized carbons (Fsp3) is 0.750. The summed E-state index contributed by atoms with van der Waals surface area (Å²) in [6.07, 6.45) is 3.94. The first-order valence-electron chi connectivity index (χ1n) is 7.29. The minimum absolute atomic E-state index is 0.290. The SMILES string of the molecule is CC#N.CCO/C=C/C(C)(Cl)CC#N.CCOC(Cl)CC(C)(Cl)Cl. The second-order valence-electron chi connectivity index (χ2n) is 4.73. The normalized spacial score (nSPS) is 14.0. The van der Waals surface area contributed by atoms with E-state index in [2.05, 4.69) is 0 Å². The number of halogens is 4. The summed E-state index contributed by atoms with van der Waals surface area (Å²) in [5.74, 6) is 0. The minimum Gasteiger partial charge on any atom is -0.502 e. The van der Waals surface area contributed by atoms with Crippen molar-refractivity contribution in [2.45, 2.75) is 62.2 Å². The van der Waals surface area contributed by atoms with Crippen LogP contribution in [0, 0.1) is 22.7 Å². The van der Waals surface area contributed by atoms with E-state index in [1.807, 2.05) is 19.9 Å². The Hall–Kier alpha value is -0.360. The lowest BCUT2D eigenvalue weighted by molar-refractivity contribution is 0.112. The van der Waals surface area contributed by atoms with Crippen molar-refractivity contribution in [2.75, 3.05) is 13.2 Å². The molecule has 0 aromatic carbocycles. The molecule has 0 aliphatic rings. The Kier molecular flexibility index (Phi) is 20.7. The maximum absolute atomic E-state index is 8.35. The Balaban J connectivity index is -0.000000317. The fourth-order valence-electron chi connectivity index (χ4n) is 1.02. The Morgan fingerprint density at radius 2 is 1.62 bits per heavy atom. The van der Waals surface area contributed by atoms with Crippen molar-refractivity contribution in [3.63, 3.8) is 0 Å². The molecule has 0 bridgehead atoms. The zero-order valence-electron chi connectivity index (χ0n) is 14.8. The van der Waals surface area contributed by atoms with Crippen LogP contribution in [-0.2, 0) is 9.47 Å². The molecular formula is C16H26Cl4N2O2. The molecule has 8 heteroatoms. The summed E-state index contributed by atoms with van der Waals surface area (Å²) in [7, 11) is 0. The van der Waals surface area contributed by atoms with Crippen LogP contribution in [0.1, 0.15) is 47.5 Å². The molecule has 140 valence electrons. The van der Waals surface area contributed by atoms with Crippen molar-refractivity contribution in [3.05, 3.63) is 12.3 Å². The Labute approximate surface area is 166 Å². The van der Waals surface area contributed by atoms with Crippen molar-refractivity contribution in [1.82, 2.24) is 0 Å². The zero-order chi connectivity index (χ0) is 19.6. The van der Waals surface area contributed by atoms with Gasteiger partial charge in [-0.3, -0.25) is 0 Å². The Morgan fingerprint density at radius 3 is 1.96 bits per heavy atom. The van der Waals surface area contributed by atoms with Crippen LogP contribution < -0.4 is 0 Å². The monoisotopic (exact) mass is 418 g/mol. The molecule has 2 atom stereocenters. The standard InChI is InChI=1S/C8H12ClNO.C6H11Cl3O.C2H3N/c1-3-11-7-5-8(2,9)4-6-10;1-3-10-5(7)4-6(2,8)9;1-2-3/h5,7H,3-4H2,1-2H3;5H,3-4H2,1-2H3;1H3/b7-5+;;. The number of rotatable bonds is 8. The van der Waals surface area contributed by atoms with E-state index < -0.39 is 9.21 Å². The molecule has 0 heterocycles. The third-order valence-electron chi connectivity index (χ3n) is 1.97. The number of nitriles is 2. The van der Waals surface area contributed by atoms with Crippen LogP contribution in [0.2, 0.25) is 0 Å². The lowest BCUT2D eigenvalue weighted by atomic mass is 10.1. The molecule has 0 amide bonds. The van der Waals surface area contributed by atoms with Crippen LogP contribution in [-0.4, -0.2) is 28.0 Å². The Morgan fingerprint density at radius 1 is 1.12 bits per heavy atom. The van der Waals surface area contributed by atoms with Crippen LogP contribution >= 0.6 is 46.4 Å². The van der Waals surface area contributed by atoms with Crippen LogP contribution in [0.4, 0.5) is 0 Å². The molecule has 2 unspecified atom stereocenters. The highest BCUT2D eigenvalue weighted by molar-refractivity contribution is 6.48. The van der Waals surface area contributed by atoms with E-state index in [1.165, 1.54) is 13.2 Å². The van der Waals surface area contributed by atoms with E-state index in [-0.39, 0.29) is 12.0 Å². The van der Waals surface area contributed by atoms with Gasteiger partial charge >= 0.3 is 0 Å². The van der Waals surface area contributed by atoms with Crippen molar-refractivity contribution in [2.24, 2.45) is 0 Å². The highest BCUT2D eigenvalue weighted by atomic mass is 35.5. The zero-order valence-corrected chi connectivity index (χ0v) is 17.8. The molecule has 0 radical (unpaired) electrons. The molecule has 24 heavy (non-hydrogen) atoms. The summed E-state index contributed by atoms with van der Waals surface area (Å²) in [5.41, 5.74) is -0.384. The van der Waals surface area contributed by atoms with Crippen LogP contribution in [0.25, 0.3) is 0 Å². The van der Waals surface area contributed by atoms with Gasteiger partial charge in [-0.2, -0.15) is 10.5 Å². The van der Waals surface area contributed by atoms with Gasteiger partial charge in [0.1, 0.15) is 9.90 Å². The van der Waals surface area contributed by atoms with Crippen LogP contribution in [0.3, 0.4) is 0 Å². The highest BCUT2D eigenvalue weighted by Gasteiger charge is 2.21. The summed E-state index contributed by atoms with van der Waals surface area (Å²) in [4.78, 5) is -0.593. The molecule has 0 aromatic rings. The molecule has 0 N–H and O–H groups in total. The summed E-state index contributed by atoms with van der Waals surface area (Å²) in [6.45, 7) is 9.85. The summed E-state index contributed by atoms with van der Waals surface area (Å²) in [5, 5.41) is 15.7. The highest BCUT2D eigenvalue weighted by Crippen LogP contribution is 2.27. The second-order valence-corrected chi connectivity index (χ2v) is 7.95. The predicted molar refractivity (Wildman–Crippen MR) is 103 cm³/mol. The van der Waals surface area contributed by atoms with Gasteiger partial charge in [0.25, 0.3) is 0 Å². The fourth-order valence-corrected chi connectivity index (χ4v) is 2.01. The number of hydrogen-bond donors (Lipinski definition) is 0. The third-order valence-corrected chi connectivity index (χ3v) is 2.82. The van der Waals surface area contributed by atoms with Gasteiger partial charge in [0, 0.05) is 20.0 Å². The number of ether oxygens (including phenoxy) is 2. The minimum atomic E-state index is -0.790. The van der Waals surface area contributed by atoms with Gasteiger partial charge in [-0.15, -0.1) is 34.8 Å². The maximum Gasteiger partial charge on any atom is 0.134 e. The lowest BCUT2D eigenvalue weighted by Crippen LogP contribution is -2.16. The molecule has 0 aliphatic heterocycles. The van der Waals surface area contributed by atoms with Gasteiger partial charge in [0.05, 0.1) is 36.3 Å². The van der Waals surface area contributed by atoms with E-state index in [1.54, 1.807) is 26.0 Å². The average molecular weight is 420 g/mol. The maximum atomic E-state index is 8.35. The van der Waals surface area contributed by atoms with Gasteiger partial charge in [0.2, 0.25) is 0 Å². The first-order chi connectivity index (χ1) is 11.0. The van der Waals surface area contributed by atoms with Crippen LogP contribution in [0.15, 0.2) is 12.3 Å². The van der Waals surface area contributed by atoms with E-state index in [4.69, 9.17) is 66.4 Å². The predicted octanol–water partition coefficient (Wildman–Crippen LogP) is 6.15. The summed E-state index contributed by atoms with van der Waals surface area (Å²) >= 11 is 22.9. The molecular weight excluding hydrogens is 394 g/mol. The van der Waals surface area contributed by atoms with Crippen molar-refractivity contribution >= 4 is 46.4 Å². The molecule has 0 fully saturated rings. The van der Waals surface area contributed by atoms with Gasteiger partial charge in [-0.25, -0.2) is 0 Å². The van der Waals surface area contributed by atoms with Crippen molar-refractivity contribution < 1.29 is 9.47 Å². The summed E-state index contributed by atoms with van der Waals surface area (Å²) < 4.78 is 9.17. The van der Waals surface area contributed by atoms with E-state index in [0.29, 0.717) is 19.6 Å². The smallest absolute Gasteiger partial charge is 0.134 e. The lowest BCUT2D eigenvalue weighted by Gasteiger charge is -2.16. The number of alkyl halides is 4. The first kappa shape index (κ1) is 28.4. The van der Waals surface area contributed by atoms with Crippen LogP contribution in [0.5, 0.6) is 0 Å². The molecule has 0 aliphatic carbocycles. The largest absolute Gasteiger partial charge is 0.502 e. The number of allylic oxidation sites excluding steroid dienone is 1. The molecule has 0 saturated carbocycles. The van der Waals surface area contributed by atoms with Gasteiger partial charge in [-0.05, 0) is 33.8 Å². The first-order valence-corrected chi connectivity index (χ1v) is 8.86. The second kappa shape index (κ2) is 17.5.